The third-order valence-electron chi connectivity index (χ3n) is 3.41. The van der Waals surface area contributed by atoms with E-state index in [-0.39, 0.29) is 18.4 Å². The van der Waals surface area contributed by atoms with Crippen LogP contribution in [0.2, 0.25) is 0 Å². The molecule has 1 unspecified atom stereocenters. The number of hydrogen-bond donors (Lipinski definition) is 1. The van der Waals surface area contributed by atoms with Crippen LogP contribution in [0, 0.1) is 0 Å². The van der Waals surface area contributed by atoms with Gasteiger partial charge in [-0.1, -0.05) is 41.3 Å². The number of benzene rings is 1. The number of amides is 2. The highest BCUT2D eigenvalue weighted by atomic mass is 32.2. The van der Waals surface area contributed by atoms with Crippen molar-refractivity contribution in [1.29, 1.82) is 0 Å². The minimum atomic E-state index is -0.813. The number of nitrogens with one attached hydrogen (secondary N) is 1. The van der Waals surface area contributed by atoms with Crippen molar-refractivity contribution >= 4 is 45.7 Å². The van der Waals surface area contributed by atoms with Crippen LogP contribution in [0.15, 0.2) is 41.3 Å². The minimum absolute atomic E-state index is 0.146. The first-order valence-electron chi connectivity index (χ1n) is 7.50. The smallest absolute Gasteiger partial charge is 0.269 e. The number of carbonyl (C=O) groups excluding carboxylic acids is 2. The van der Waals surface area contributed by atoms with Gasteiger partial charge in [0.25, 0.3) is 5.91 Å². The molecule has 2 heterocycles. The summed E-state index contributed by atoms with van der Waals surface area (Å²) in [4.78, 5) is 25.9. The van der Waals surface area contributed by atoms with E-state index < -0.39 is 6.10 Å². The van der Waals surface area contributed by atoms with E-state index >= 15 is 0 Å². The van der Waals surface area contributed by atoms with Crippen LogP contribution in [0.1, 0.15) is 6.92 Å². The Morgan fingerprint density at radius 3 is 3.04 bits per heavy atom. The van der Waals surface area contributed by atoms with Gasteiger partial charge >= 0.3 is 0 Å². The SMILES string of the molecule is C=CCSc1nnc(NC(=O)C2CN(C(C)=O)c3ccccc3O2)s1. The van der Waals surface area contributed by atoms with Crippen LogP contribution >= 0.6 is 23.1 Å². The van der Waals surface area contributed by atoms with Crippen molar-refractivity contribution < 1.29 is 14.3 Å². The molecule has 0 saturated carbocycles. The van der Waals surface area contributed by atoms with Gasteiger partial charge in [0, 0.05) is 12.7 Å². The zero-order valence-corrected chi connectivity index (χ0v) is 15.1. The molecule has 0 spiro atoms. The lowest BCUT2D eigenvalue weighted by Gasteiger charge is -2.33. The van der Waals surface area contributed by atoms with E-state index in [4.69, 9.17) is 4.74 Å². The molecule has 0 aliphatic carbocycles. The predicted molar refractivity (Wildman–Crippen MR) is 98.3 cm³/mol. The van der Waals surface area contributed by atoms with Crippen LogP contribution in [0.4, 0.5) is 10.8 Å². The first-order valence-corrected chi connectivity index (χ1v) is 9.30. The van der Waals surface area contributed by atoms with Crippen molar-refractivity contribution in [3.8, 4) is 5.75 Å². The molecule has 2 amide bonds. The molecule has 1 atom stereocenters. The number of hydrogen-bond acceptors (Lipinski definition) is 7. The Labute approximate surface area is 153 Å². The quantitative estimate of drug-likeness (QED) is 0.490. The van der Waals surface area contributed by atoms with Crippen molar-refractivity contribution in [2.24, 2.45) is 0 Å². The molecule has 1 aromatic carbocycles. The first kappa shape index (κ1) is 17.4. The summed E-state index contributed by atoms with van der Waals surface area (Å²) in [6.07, 6.45) is 0.959. The van der Waals surface area contributed by atoms with E-state index in [0.29, 0.717) is 16.6 Å². The fourth-order valence-electron chi connectivity index (χ4n) is 2.30. The van der Waals surface area contributed by atoms with Gasteiger partial charge < -0.3 is 9.64 Å². The standard InChI is InChI=1S/C16H16N4O3S2/c1-3-8-24-16-19-18-15(25-16)17-14(22)13-9-20(10(2)21)11-6-4-5-7-12(11)23-13/h3-7,13H,1,8-9H2,2H3,(H,17,18,22). The van der Waals surface area contributed by atoms with Gasteiger partial charge in [0.15, 0.2) is 10.4 Å². The van der Waals surface area contributed by atoms with Crippen molar-refractivity contribution in [1.82, 2.24) is 10.2 Å². The van der Waals surface area contributed by atoms with Crippen molar-refractivity contribution in [2.75, 3.05) is 22.5 Å². The highest BCUT2D eigenvalue weighted by Crippen LogP contribution is 2.33. The van der Waals surface area contributed by atoms with Gasteiger partial charge in [-0.05, 0) is 12.1 Å². The summed E-state index contributed by atoms with van der Waals surface area (Å²) in [6, 6.07) is 7.14. The maximum atomic E-state index is 12.5. The van der Waals surface area contributed by atoms with E-state index in [9.17, 15) is 9.59 Å². The van der Waals surface area contributed by atoms with Crippen LogP contribution in [0.3, 0.4) is 0 Å². The molecule has 1 N–H and O–H groups in total. The second-order valence-electron chi connectivity index (χ2n) is 5.17. The second kappa shape index (κ2) is 7.66. The van der Waals surface area contributed by atoms with Gasteiger partial charge in [-0.25, -0.2) is 0 Å². The zero-order chi connectivity index (χ0) is 17.8. The van der Waals surface area contributed by atoms with Crippen molar-refractivity contribution in [3.63, 3.8) is 0 Å². The lowest BCUT2D eigenvalue weighted by molar-refractivity contribution is -0.123. The second-order valence-corrected chi connectivity index (χ2v) is 7.41. The third kappa shape index (κ3) is 3.99. The van der Waals surface area contributed by atoms with Crippen molar-refractivity contribution in [2.45, 2.75) is 17.4 Å². The molecule has 0 fully saturated rings. The average molecular weight is 376 g/mol. The summed E-state index contributed by atoms with van der Waals surface area (Å²) in [5.41, 5.74) is 0.665. The molecule has 0 bridgehead atoms. The summed E-state index contributed by atoms with van der Waals surface area (Å²) in [5, 5.41) is 11.0. The van der Waals surface area contributed by atoms with Crippen LogP contribution in [0.25, 0.3) is 0 Å². The zero-order valence-electron chi connectivity index (χ0n) is 13.5. The first-order chi connectivity index (χ1) is 12.1. The fraction of sp³-hybridized carbons (Fsp3) is 0.250. The van der Waals surface area contributed by atoms with E-state index in [0.717, 1.165) is 10.1 Å². The number of nitrogens with zero attached hydrogens (tertiary/aromatic N) is 3. The molecule has 0 saturated heterocycles. The van der Waals surface area contributed by atoms with E-state index in [1.54, 1.807) is 24.3 Å². The molecular weight excluding hydrogens is 360 g/mol. The highest BCUT2D eigenvalue weighted by Gasteiger charge is 2.32. The maximum absolute atomic E-state index is 12.5. The Morgan fingerprint density at radius 2 is 2.28 bits per heavy atom. The number of carbonyl (C=O) groups is 2. The minimum Gasteiger partial charge on any atom is -0.476 e. The van der Waals surface area contributed by atoms with Crippen LogP contribution in [-0.4, -0.2) is 40.4 Å². The topological polar surface area (TPSA) is 84.4 Å². The molecule has 7 nitrogen and oxygen atoms in total. The molecule has 2 aromatic rings. The van der Waals surface area contributed by atoms with Gasteiger partial charge in [0.2, 0.25) is 11.0 Å². The third-order valence-corrected chi connectivity index (χ3v) is 5.38. The Kier molecular flexibility index (Phi) is 5.34. The van der Waals surface area contributed by atoms with E-state index in [1.165, 1.54) is 34.9 Å². The molecule has 130 valence electrons. The average Bonchev–Trinajstić information content (AvgIpc) is 3.06. The largest absolute Gasteiger partial charge is 0.476 e. The van der Waals surface area contributed by atoms with Gasteiger partial charge in [0.05, 0.1) is 12.2 Å². The molecular formula is C16H16N4O3S2. The number of anilines is 2. The Balaban J connectivity index is 1.71. The summed E-state index contributed by atoms with van der Waals surface area (Å²) in [5.74, 6) is 0.715. The number of fused-ring (bicyclic) bond motifs is 1. The molecule has 9 heteroatoms. The monoisotopic (exact) mass is 376 g/mol. The number of thioether (sulfide) groups is 1. The van der Waals surface area contributed by atoms with Gasteiger partial charge in [-0.3, -0.25) is 14.9 Å². The van der Waals surface area contributed by atoms with Crippen LogP contribution < -0.4 is 15.0 Å². The molecule has 1 aliphatic heterocycles. The Hall–Kier alpha value is -2.39. The molecule has 1 aromatic heterocycles. The van der Waals surface area contributed by atoms with Gasteiger partial charge in [-0.15, -0.1) is 16.8 Å². The van der Waals surface area contributed by atoms with Crippen LogP contribution in [0.5, 0.6) is 5.75 Å². The number of ether oxygens (including phenoxy) is 1. The van der Waals surface area contributed by atoms with Gasteiger partial charge in [0.1, 0.15) is 5.75 Å². The van der Waals surface area contributed by atoms with Crippen LogP contribution in [-0.2, 0) is 9.59 Å². The lowest BCUT2D eigenvalue weighted by Crippen LogP contribution is -2.48. The normalized spacial score (nSPS) is 15.9. The maximum Gasteiger partial charge on any atom is 0.269 e. The highest BCUT2D eigenvalue weighted by molar-refractivity contribution is 8.01. The summed E-state index contributed by atoms with van der Waals surface area (Å²) in [6.45, 7) is 5.26. The molecule has 0 radical (unpaired) electrons. The summed E-state index contributed by atoms with van der Waals surface area (Å²) >= 11 is 2.77. The Morgan fingerprint density at radius 1 is 1.48 bits per heavy atom. The fourth-order valence-corrected chi connectivity index (χ4v) is 3.82. The van der Waals surface area contributed by atoms with E-state index in [1.807, 2.05) is 6.07 Å². The molecule has 1 aliphatic rings. The predicted octanol–water partition coefficient (Wildman–Crippen LogP) is 2.57. The Bertz CT molecular complexity index is 808. The molecule has 25 heavy (non-hydrogen) atoms. The van der Waals surface area contributed by atoms with Crippen molar-refractivity contribution in [3.05, 3.63) is 36.9 Å². The van der Waals surface area contributed by atoms with Gasteiger partial charge in [-0.2, -0.15) is 0 Å². The number of aromatic nitrogens is 2. The lowest BCUT2D eigenvalue weighted by atomic mass is 10.2. The van der Waals surface area contributed by atoms with E-state index in [2.05, 4.69) is 22.1 Å². The molecule has 3 rings (SSSR count). The number of rotatable bonds is 5. The summed E-state index contributed by atoms with van der Waals surface area (Å²) in [7, 11) is 0. The summed E-state index contributed by atoms with van der Waals surface area (Å²) < 4.78 is 6.50. The number of para-hydroxylation sites is 2.